The predicted octanol–water partition coefficient (Wildman–Crippen LogP) is 2.77. The molecular formula is C12H13Cl2NO4S. The Kier molecular flexibility index (Phi) is 4.03. The summed E-state index contributed by atoms with van der Waals surface area (Å²) in [4.78, 5) is 10.7. The van der Waals surface area contributed by atoms with E-state index in [1.807, 2.05) is 6.92 Å². The molecule has 1 aromatic carbocycles. The highest BCUT2D eigenvalue weighted by atomic mass is 35.5. The number of hydrogen-bond acceptors (Lipinski definition) is 3. The van der Waals surface area contributed by atoms with Crippen molar-refractivity contribution in [1.82, 2.24) is 4.72 Å². The Morgan fingerprint density at radius 1 is 1.40 bits per heavy atom. The summed E-state index contributed by atoms with van der Waals surface area (Å²) in [5, 5.41) is 8.66. The third-order valence-electron chi connectivity index (χ3n) is 3.32. The molecule has 0 unspecified atom stereocenters. The summed E-state index contributed by atoms with van der Waals surface area (Å²) in [6.45, 7) is 2.26. The summed E-state index contributed by atoms with van der Waals surface area (Å²) in [5.74, 6) is -1.33. The van der Waals surface area contributed by atoms with Crippen LogP contribution in [0.3, 0.4) is 0 Å². The smallest absolute Gasteiger partial charge is 0.337 e. The van der Waals surface area contributed by atoms with Crippen LogP contribution in [0.2, 0.25) is 10.0 Å². The third kappa shape index (κ3) is 3.25. The van der Waals surface area contributed by atoms with E-state index in [2.05, 4.69) is 4.72 Å². The van der Waals surface area contributed by atoms with E-state index in [0.717, 1.165) is 25.0 Å². The monoisotopic (exact) mass is 337 g/mol. The minimum Gasteiger partial charge on any atom is -0.478 e. The van der Waals surface area contributed by atoms with Gasteiger partial charge in [0.1, 0.15) is 4.90 Å². The maximum atomic E-state index is 12.2. The van der Waals surface area contributed by atoms with Gasteiger partial charge in [-0.1, -0.05) is 30.1 Å². The van der Waals surface area contributed by atoms with Gasteiger partial charge in [0.25, 0.3) is 0 Å². The molecule has 0 radical (unpaired) electrons. The zero-order valence-electron chi connectivity index (χ0n) is 10.6. The second kappa shape index (κ2) is 5.18. The molecule has 5 nitrogen and oxygen atoms in total. The Labute approximate surface area is 126 Å². The van der Waals surface area contributed by atoms with Crippen LogP contribution in [0.1, 0.15) is 30.1 Å². The molecule has 2 N–H and O–H groups in total. The van der Waals surface area contributed by atoms with Crippen molar-refractivity contribution in [2.75, 3.05) is 6.54 Å². The van der Waals surface area contributed by atoms with Gasteiger partial charge < -0.3 is 5.11 Å². The van der Waals surface area contributed by atoms with E-state index in [0.29, 0.717) is 6.54 Å². The Bertz CT molecular complexity index is 668. The van der Waals surface area contributed by atoms with Crippen molar-refractivity contribution in [3.8, 4) is 0 Å². The van der Waals surface area contributed by atoms with Crippen molar-refractivity contribution in [2.24, 2.45) is 5.41 Å². The first-order valence-corrected chi connectivity index (χ1v) is 8.11. The summed E-state index contributed by atoms with van der Waals surface area (Å²) in [5.41, 5.74) is -0.356. The van der Waals surface area contributed by atoms with Gasteiger partial charge in [-0.2, -0.15) is 0 Å². The lowest BCUT2D eigenvalue weighted by atomic mass is 10.2. The molecule has 1 aliphatic rings. The van der Waals surface area contributed by atoms with Crippen molar-refractivity contribution in [3.05, 3.63) is 27.7 Å². The van der Waals surface area contributed by atoms with E-state index >= 15 is 0 Å². The van der Waals surface area contributed by atoms with Gasteiger partial charge in [0.05, 0.1) is 10.6 Å². The number of sulfonamides is 1. The van der Waals surface area contributed by atoms with Crippen molar-refractivity contribution in [2.45, 2.75) is 24.7 Å². The molecule has 0 saturated heterocycles. The lowest BCUT2D eigenvalue weighted by Gasteiger charge is -2.13. The van der Waals surface area contributed by atoms with Crippen LogP contribution in [-0.4, -0.2) is 26.0 Å². The average Bonchev–Trinajstić information content (AvgIpc) is 3.08. The van der Waals surface area contributed by atoms with Crippen LogP contribution in [0.5, 0.6) is 0 Å². The maximum Gasteiger partial charge on any atom is 0.337 e. The van der Waals surface area contributed by atoms with Crippen LogP contribution in [0.25, 0.3) is 0 Å². The quantitative estimate of drug-likeness (QED) is 0.865. The number of carbonyl (C=O) groups is 1. The number of nitrogens with one attached hydrogen (secondary N) is 1. The summed E-state index contributed by atoms with van der Waals surface area (Å²) >= 11 is 11.6. The number of rotatable bonds is 5. The lowest BCUT2D eigenvalue weighted by Crippen LogP contribution is -2.29. The van der Waals surface area contributed by atoms with Gasteiger partial charge in [0.15, 0.2) is 0 Å². The number of carboxylic acids is 1. The molecule has 110 valence electrons. The fourth-order valence-corrected chi connectivity index (χ4v) is 3.75. The maximum absolute atomic E-state index is 12.2. The molecule has 1 aliphatic carbocycles. The predicted molar refractivity (Wildman–Crippen MR) is 76.0 cm³/mol. The van der Waals surface area contributed by atoms with Gasteiger partial charge in [-0.05, 0) is 30.4 Å². The average molecular weight is 338 g/mol. The molecule has 0 atom stereocenters. The van der Waals surface area contributed by atoms with Crippen molar-refractivity contribution in [1.29, 1.82) is 0 Å². The van der Waals surface area contributed by atoms with Gasteiger partial charge in [-0.3, -0.25) is 0 Å². The molecule has 0 heterocycles. The zero-order valence-corrected chi connectivity index (χ0v) is 12.9. The molecule has 8 heteroatoms. The van der Waals surface area contributed by atoms with E-state index in [1.165, 1.54) is 0 Å². The summed E-state index contributed by atoms with van der Waals surface area (Å²) in [6.07, 6.45) is 1.92. The number of hydrogen-bond donors (Lipinski definition) is 2. The highest BCUT2D eigenvalue weighted by molar-refractivity contribution is 7.89. The second-order valence-corrected chi connectivity index (χ2v) is 7.76. The van der Waals surface area contributed by atoms with E-state index in [9.17, 15) is 13.2 Å². The molecule has 0 aliphatic heterocycles. The van der Waals surface area contributed by atoms with Gasteiger partial charge in [0, 0.05) is 11.6 Å². The summed E-state index contributed by atoms with van der Waals surface area (Å²) in [7, 11) is -3.89. The van der Waals surface area contributed by atoms with Crippen molar-refractivity contribution >= 4 is 39.2 Å². The Morgan fingerprint density at radius 3 is 2.50 bits per heavy atom. The standard InChI is InChI=1S/C12H13Cl2NO4S/c1-12(2-3-12)6-15-20(18,19)9-5-7(13)4-8(10(9)14)11(16)17/h4-5,15H,2-3,6H2,1H3,(H,16,17). The van der Waals surface area contributed by atoms with Gasteiger partial charge in [-0.15, -0.1) is 0 Å². The van der Waals surface area contributed by atoms with Crippen LogP contribution in [0.4, 0.5) is 0 Å². The highest BCUT2D eigenvalue weighted by Crippen LogP contribution is 2.44. The van der Waals surface area contributed by atoms with E-state index < -0.39 is 16.0 Å². The molecular weight excluding hydrogens is 325 g/mol. The first kappa shape index (κ1) is 15.6. The lowest BCUT2D eigenvalue weighted by molar-refractivity contribution is 0.0697. The molecule has 0 spiro atoms. The molecule has 1 aromatic rings. The molecule has 0 amide bonds. The molecule has 0 aromatic heterocycles. The van der Waals surface area contributed by atoms with Crippen LogP contribution >= 0.6 is 23.2 Å². The third-order valence-corrected chi connectivity index (χ3v) is 5.48. The number of benzene rings is 1. The molecule has 1 saturated carbocycles. The Hall–Kier alpha value is -0.820. The van der Waals surface area contributed by atoms with Crippen molar-refractivity contribution in [3.63, 3.8) is 0 Å². The van der Waals surface area contributed by atoms with E-state index in [4.69, 9.17) is 28.3 Å². The van der Waals surface area contributed by atoms with Gasteiger partial charge in [-0.25, -0.2) is 17.9 Å². The Morgan fingerprint density at radius 2 is 2.00 bits per heavy atom. The summed E-state index contributed by atoms with van der Waals surface area (Å²) < 4.78 is 26.9. The van der Waals surface area contributed by atoms with Crippen molar-refractivity contribution < 1.29 is 18.3 Å². The topological polar surface area (TPSA) is 83.5 Å². The summed E-state index contributed by atoms with van der Waals surface area (Å²) in [6, 6.07) is 2.27. The Balaban J connectivity index is 2.37. The zero-order chi connectivity index (χ0) is 15.1. The first-order chi connectivity index (χ1) is 9.15. The largest absolute Gasteiger partial charge is 0.478 e. The van der Waals surface area contributed by atoms with Gasteiger partial charge >= 0.3 is 5.97 Å². The van der Waals surface area contributed by atoms with Crippen LogP contribution in [0.15, 0.2) is 17.0 Å². The minimum atomic E-state index is -3.89. The first-order valence-electron chi connectivity index (χ1n) is 5.87. The SMILES string of the molecule is CC1(CNS(=O)(=O)c2cc(Cl)cc(C(=O)O)c2Cl)CC1. The minimum absolute atomic E-state index is 0.00445. The number of halogens is 2. The molecule has 2 rings (SSSR count). The molecule has 20 heavy (non-hydrogen) atoms. The normalized spacial score (nSPS) is 16.9. The number of carboxylic acid groups (broad SMARTS) is 1. The second-order valence-electron chi connectivity index (χ2n) is 5.21. The van der Waals surface area contributed by atoms with E-state index in [-0.39, 0.29) is 25.9 Å². The molecule has 0 bridgehead atoms. The van der Waals surface area contributed by atoms with Gasteiger partial charge in [0.2, 0.25) is 10.0 Å². The highest BCUT2D eigenvalue weighted by Gasteiger charge is 2.38. The van der Waals surface area contributed by atoms with Crippen LogP contribution in [-0.2, 0) is 10.0 Å². The van der Waals surface area contributed by atoms with Crippen LogP contribution in [0, 0.1) is 5.41 Å². The number of aromatic carboxylic acids is 1. The fraction of sp³-hybridized carbons (Fsp3) is 0.417. The van der Waals surface area contributed by atoms with Crippen LogP contribution < -0.4 is 4.72 Å². The van der Waals surface area contributed by atoms with E-state index in [1.54, 1.807) is 0 Å². The fourth-order valence-electron chi connectivity index (χ4n) is 1.65. The molecule has 1 fully saturated rings.